The fourth-order valence-corrected chi connectivity index (χ4v) is 3.24. The molecular weight excluding hydrogens is 292 g/mol. The zero-order chi connectivity index (χ0) is 15.6. The van der Waals surface area contributed by atoms with Crippen molar-refractivity contribution in [3.8, 4) is 0 Å². The van der Waals surface area contributed by atoms with E-state index in [0.29, 0.717) is 5.69 Å². The summed E-state index contributed by atoms with van der Waals surface area (Å²) < 4.78 is 31.9. The van der Waals surface area contributed by atoms with Gasteiger partial charge in [0.05, 0.1) is 0 Å². The maximum atomic E-state index is 12.2. The van der Waals surface area contributed by atoms with Crippen molar-refractivity contribution in [3.63, 3.8) is 0 Å². The highest BCUT2D eigenvalue weighted by Gasteiger charge is 2.23. The first kappa shape index (κ1) is 15.5. The summed E-state index contributed by atoms with van der Waals surface area (Å²) in [5.41, 5.74) is 1.12. The van der Waals surface area contributed by atoms with E-state index < -0.39 is 10.0 Å². The van der Waals surface area contributed by atoms with Crippen LogP contribution in [0.15, 0.2) is 27.7 Å². The van der Waals surface area contributed by atoms with Crippen molar-refractivity contribution in [1.29, 1.82) is 0 Å². The molecule has 0 aliphatic rings. The normalized spacial score (nSPS) is 11.6. The summed E-state index contributed by atoms with van der Waals surface area (Å²) in [4.78, 5) is 6.21. The first-order chi connectivity index (χ1) is 9.81. The van der Waals surface area contributed by atoms with Crippen LogP contribution < -0.4 is 9.62 Å². The maximum Gasteiger partial charge on any atom is 0.246 e. The van der Waals surface area contributed by atoms with Crippen molar-refractivity contribution in [2.75, 3.05) is 19.0 Å². The standard InChI is InChI=1S/C13H18N4O3S/c1-9-13(10(2)20-16-9)21(18,19)15-8-11-5-6-12(14-7-11)17(3)4/h5-7,15H,8H2,1-4H3. The second-order valence-corrected chi connectivity index (χ2v) is 6.60. The van der Waals surface area contributed by atoms with Gasteiger partial charge in [0.15, 0.2) is 5.76 Å². The zero-order valence-electron chi connectivity index (χ0n) is 12.4. The molecule has 21 heavy (non-hydrogen) atoms. The van der Waals surface area contributed by atoms with Gasteiger partial charge in [0.2, 0.25) is 10.0 Å². The third-order valence-corrected chi connectivity index (χ3v) is 4.61. The van der Waals surface area contributed by atoms with E-state index in [4.69, 9.17) is 4.52 Å². The molecule has 0 saturated carbocycles. The minimum Gasteiger partial charge on any atom is -0.363 e. The van der Waals surface area contributed by atoms with Crippen molar-refractivity contribution in [1.82, 2.24) is 14.9 Å². The van der Waals surface area contributed by atoms with Crippen LogP contribution in [0, 0.1) is 13.8 Å². The Morgan fingerprint density at radius 3 is 2.48 bits per heavy atom. The molecule has 0 unspecified atom stereocenters. The number of aromatic nitrogens is 2. The molecule has 0 aliphatic carbocycles. The number of nitrogens with zero attached hydrogens (tertiary/aromatic N) is 3. The Labute approximate surface area is 124 Å². The summed E-state index contributed by atoms with van der Waals surface area (Å²) in [7, 11) is 0.135. The minimum absolute atomic E-state index is 0.0976. The predicted molar refractivity (Wildman–Crippen MR) is 78.6 cm³/mol. The number of hydrogen-bond donors (Lipinski definition) is 1. The molecule has 0 amide bonds. The molecule has 2 heterocycles. The fraction of sp³-hybridized carbons (Fsp3) is 0.385. The van der Waals surface area contributed by atoms with E-state index >= 15 is 0 Å². The summed E-state index contributed by atoms with van der Waals surface area (Å²) in [6, 6.07) is 3.66. The van der Waals surface area contributed by atoms with E-state index in [-0.39, 0.29) is 17.2 Å². The second-order valence-electron chi connectivity index (χ2n) is 4.90. The number of hydrogen-bond acceptors (Lipinski definition) is 6. The van der Waals surface area contributed by atoms with Crippen LogP contribution in [0.4, 0.5) is 5.82 Å². The van der Waals surface area contributed by atoms with E-state index in [0.717, 1.165) is 11.4 Å². The van der Waals surface area contributed by atoms with Crippen LogP contribution in [0.3, 0.4) is 0 Å². The van der Waals surface area contributed by atoms with E-state index in [1.807, 2.05) is 31.1 Å². The highest BCUT2D eigenvalue weighted by atomic mass is 32.2. The van der Waals surface area contributed by atoms with Crippen LogP contribution in [0.2, 0.25) is 0 Å². The number of sulfonamides is 1. The van der Waals surface area contributed by atoms with Crippen molar-refractivity contribution in [2.24, 2.45) is 0 Å². The summed E-state index contributed by atoms with van der Waals surface area (Å²) >= 11 is 0. The molecule has 2 aromatic rings. The Hall–Kier alpha value is -1.93. The Balaban J connectivity index is 2.12. The molecule has 114 valence electrons. The number of pyridine rings is 1. The molecule has 0 spiro atoms. The average Bonchev–Trinajstić information content (AvgIpc) is 2.77. The summed E-state index contributed by atoms with van der Waals surface area (Å²) in [5, 5.41) is 3.66. The maximum absolute atomic E-state index is 12.2. The van der Waals surface area contributed by atoms with Gasteiger partial charge < -0.3 is 9.42 Å². The second kappa shape index (κ2) is 5.82. The third-order valence-electron chi connectivity index (χ3n) is 2.97. The minimum atomic E-state index is -3.65. The lowest BCUT2D eigenvalue weighted by Gasteiger charge is -2.11. The Bertz CT molecular complexity index is 701. The number of nitrogens with one attached hydrogen (secondary N) is 1. The molecule has 8 heteroatoms. The monoisotopic (exact) mass is 310 g/mol. The largest absolute Gasteiger partial charge is 0.363 e. The Morgan fingerprint density at radius 2 is 2.00 bits per heavy atom. The van der Waals surface area contributed by atoms with Gasteiger partial charge in [-0.05, 0) is 25.5 Å². The van der Waals surface area contributed by atoms with E-state index in [1.54, 1.807) is 20.0 Å². The average molecular weight is 310 g/mol. The molecule has 2 rings (SSSR count). The van der Waals surface area contributed by atoms with Crippen LogP contribution in [-0.2, 0) is 16.6 Å². The van der Waals surface area contributed by atoms with Gasteiger partial charge in [-0.15, -0.1) is 0 Å². The van der Waals surface area contributed by atoms with Gasteiger partial charge in [-0.1, -0.05) is 11.2 Å². The molecule has 0 fully saturated rings. The molecular formula is C13H18N4O3S. The number of rotatable bonds is 5. The van der Waals surface area contributed by atoms with Crippen LogP contribution in [0.5, 0.6) is 0 Å². The van der Waals surface area contributed by atoms with E-state index in [9.17, 15) is 8.42 Å². The number of anilines is 1. The molecule has 0 atom stereocenters. The molecule has 0 aliphatic heterocycles. The molecule has 7 nitrogen and oxygen atoms in total. The lowest BCUT2D eigenvalue weighted by atomic mass is 10.3. The summed E-state index contributed by atoms with van der Waals surface area (Å²) in [6.07, 6.45) is 1.64. The molecule has 0 bridgehead atoms. The van der Waals surface area contributed by atoms with Crippen molar-refractivity contribution >= 4 is 15.8 Å². The van der Waals surface area contributed by atoms with Gasteiger partial charge in [-0.2, -0.15) is 0 Å². The van der Waals surface area contributed by atoms with Gasteiger partial charge in [0.1, 0.15) is 16.4 Å². The van der Waals surface area contributed by atoms with Gasteiger partial charge in [-0.3, -0.25) is 0 Å². The Kier molecular flexibility index (Phi) is 4.29. The lowest BCUT2D eigenvalue weighted by molar-refractivity contribution is 0.390. The van der Waals surface area contributed by atoms with Gasteiger partial charge in [-0.25, -0.2) is 18.1 Å². The van der Waals surface area contributed by atoms with Gasteiger partial charge in [0, 0.05) is 26.8 Å². The van der Waals surface area contributed by atoms with Gasteiger partial charge in [0.25, 0.3) is 0 Å². The summed E-state index contributed by atoms with van der Waals surface area (Å²) in [5.74, 6) is 1.09. The van der Waals surface area contributed by atoms with E-state index in [2.05, 4.69) is 14.9 Å². The highest BCUT2D eigenvalue weighted by molar-refractivity contribution is 7.89. The van der Waals surface area contributed by atoms with Crippen molar-refractivity contribution in [2.45, 2.75) is 25.3 Å². The first-order valence-corrected chi connectivity index (χ1v) is 7.84. The van der Waals surface area contributed by atoms with E-state index in [1.165, 1.54) is 0 Å². The topological polar surface area (TPSA) is 88.3 Å². The lowest BCUT2D eigenvalue weighted by Crippen LogP contribution is -2.24. The quantitative estimate of drug-likeness (QED) is 0.893. The fourth-order valence-electron chi connectivity index (χ4n) is 1.89. The van der Waals surface area contributed by atoms with Crippen molar-refractivity contribution < 1.29 is 12.9 Å². The molecule has 0 radical (unpaired) electrons. The van der Waals surface area contributed by atoms with Crippen LogP contribution in [0.25, 0.3) is 0 Å². The van der Waals surface area contributed by atoms with Gasteiger partial charge >= 0.3 is 0 Å². The summed E-state index contributed by atoms with van der Waals surface area (Å²) in [6.45, 7) is 3.33. The number of aryl methyl sites for hydroxylation is 2. The zero-order valence-corrected chi connectivity index (χ0v) is 13.2. The molecule has 1 N–H and O–H groups in total. The van der Waals surface area contributed by atoms with Crippen LogP contribution >= 0.6 is 0 Å². The first-order valence-electron chi connectivity index (χ1n) is 6.36. The van der Waals surface area contributed by atoms with Crippen LogP contribution in [-0.4, -0.2) is 32.7 Å². The third kappa shape index (κ3) is 3.40. The molecule has 2 aromatic heterocycles. The highest BCUT2D eigenvalue weighted by Crippen LogP contribution is 2.19. The van der Waals surface area contributed by atoms with Crippen LogP contribution in [0.1, 0.15) is 17.0 Å². The molecule has 0 saturated heterocycles. The SMILES string of the molecule is Cc1noc(C)c1S(=O)(=O)NCc1ccc(N(C)C)nc1. The predicted octanol–water partition coefficient (Wildman–Crippen LogP) is 1.23. The molecule has 0 aromatic carbocycles. The van der Waals surface area contributed by atoms with Crippen molar-refractivity contribution in [3.05, 3.63) is 35.3 Å². The Morgan fingerprint density at radius 1 is 1.29 bits per heavy atom. The smallest absolute Gasteiger partial charge is 0.246 e.